The zero-order chi connectivity index (χ0) is 74.3. The van der Waals surface area contributed by atoms with Gasteiger partial charge in [0.1, 0.15) is 22.6 Å². The zero-order valence-electron chi connectivity index (χ0n) is 61.2. The summed E-state index contributed by atoms with van der Waals surface area (Å²) in [5, 5.41) is 21.6. The van der Waals surface area contributed by atoms with Crippen molar-refractivity contribution in [3.05, 3.63) is 217 Å². The Balaban J connectivity index is 0.000000134. The molecule has 11 heterocycles. The van der Waals surface area contributed by atoms with E-state index in [4.69, 9.17) is 77.7 Å². The number of aryl methyl sites for hydroxylation is 8. The number of halogens is 5. The van der Waals surface area contributed by atoms with Crippen molar-refractivity contribution in [3.63, 3.8) is 0 Å². The number of nitrogens with one attached hydrogen (secondary N) is 4. The van der Waals surface area contributed by atoms with Crippen molar-refractivity contribution in [1.82, 2.24) is 59.8 Å². The van der Waals surface area contributed by atoms with Crippen LogP contribution in [0.25, 0.3) is 43.6 Å². The van der Waals surface area contributed by atoms with Gasteiger partial charge in [-0.3, -0.25) is 19.9 Å². The van der Waals surface area contributed by atoms with E-state index in [2.05, 4.69) is 113 Å². The van der Waals surface area contributed by atoms with E-state index < -0.39 is 0 Å². The third-order valence-electron chi connectivity index (χ3n) is 18.6. The molecule has 0 saturated carbocycles. The van der Waals surface area contributed by atoms with Gasteiger partial charge in [0.2, 0.25) is 11.9 Å². The summed E-state index contributed by atoms with van der Waals surface area (Å²) in [5.41, 5.74) is 14.1. The first-order valence-corrected chi connectivity index (χ1v) is 39.1. The van der Waals surface area contributed by atoms with Crippen LogP contribution in [-0.4, -0.2) is 138 Å². The second-order valence-electron chi connectivity index (χ2n) is 27.0. The monoisotopic (exact) mass is 1530 g/mol. The Labute approximate surface area is 651 Å². The number of hydrogen-bond donors (Lipinski definition) is 4. The topological polar surface area (TPSA) is 222 Å². The van der Waals surface area contributed by atoms with Gasteiger partial charge in [-0.15, -0.1) is 0 Å². The zero-order valence-corrected chi connectivity index (χ0v) is 65.0. The molecule has 8 aromatic heterocycles. The van der Waals surface area contributed by atoms with E-state index in [9.17, 15) is 0 Å². The largest absolute Gasteiger partial charge is 0.384 e. The molecular formula is C82H92Cl5N19O. The van der Waals surface area contributed by atoms with Crippen molar-refractivity contribution >= 4 is 142 Å². The molecule has 25 heteroatoms. The van der Waals surface area contributed by atoms with Crippen molar-refractivity contribution in [2.24, 2.45) is 0 Å². The predicted molar refractivity (Wildman–Crippen MR) is 442 cm³/mol. The Morgan fingerprint density at radius 3 is 1.07 bits per heavy atom. The third kappa shape index (κ3) is 22.9. The van der Waals surface area contributed by atoms with Gasteiger partial charge in [0.25, 0.3) is 0 Å². The van der Waals surface area contributed by atoms with E-state index in [-0.39, 0.29) is 0 Å². The number of nitrogens with zero attached hydrogens (tertiary/aromatic N) is 15. The van der Waals surface area contributed by atoms with E-state index >= 15 is 0 Å². The smallest absolute Gasteiger partial charge is 0.225 e. The number of rotatable bonds is 23. The van der Waals surface area contributed by atoms with Crippen LogP contribution >= 0.6 is 58.0 Å². The molecule has 3 fully saturated rings. The molecule has 0 radical (unpaired) electrons. The van der Waals surface area contributed by atoms with Gasteiger partial charge in [-0.25, -0.2) is 39.9 Å². The Kier molecular flexibility index (Phi) is 28.3. The molecule has 3 aliphatic rings. The second-order valence-corrected chi connectivity index (χ2v) is 29.2. The van der Waals surface area contributed by atoms with Gasteiger partial charge in [0.15, 0.2) is 0 Å². The van der Waals surface area contributed by atoms with Gasteiger partial charge in [-0.1, -0.05) is 58.0 Å². The molecule has 20 nitrogen and oxygen atoms in total. The average molecular weight is 1540 g/mol. The Morgan fingerprint density at radius 1 is 0.336 bits per heavy atom. The number of ether oxygens (including phenoxy) is 1. The molecule has 107 heavy (non-hydrogen) atoms. The minimum absolute atomic E-state index is 0.498. The average Bonchev–Trinajstić information content (AvgIpc) is 0.827. The highest BCUT2D eigenvalue weighted by Crippen LogP contribution is 2.30. The van der Waals surface area contributed by atoms with Crippen LogP contribution in [-0.2, 0) is 30.4 Å². The van der Waals surface area contributed by atoms with Gasteiger partial charge >= 0.3 is 0 Å². The number of pyridine rings is 4. The Hall–Kier alpha value is -9.15. The third-order valence-corrected chi connectivity index (χ3v) is 19.7. The van der Waals surface area contributed by atoms with Crippen LogP contribution in [0.1, 0.15) is 110 Å². The number of aromatic nitrogens is 12. The highest BCUT2D eigenvalue weighted by molar-refractivity contribution is 6.32. The molecule has 0 amide bonds. The molecule has 556 valence electrons. The predicted octanol–water partition coefficient (Wildman–Crippen LogP) is 18.6. The van der Waals surface area contributed by atoms with E-state index in [1.54, 1.807) is 12.3 Å². The fourth-order valence-corrected chi connectivity index (χ4v) is 14.3. The maximum atomic E-state index is 6.07. The summed E-state index contributed by atoms with van der Waals surface area (Å²) in [6.07, 6.45) is 22.2. The maximum Gasteiger partial charge on any atom is 0.225 e. The molecule has 4 aromatic carbocycles. The van der Waals surface area contributed by atoms with E-state index in [0.717, 1.165) is 260 Å². The molecule has 12 aromatic rings. The molecule has 4 N–H and O–H groups in total. The number of fused-ring (bicyclic) bond motifs is 4. The van der Waals surface area contributed by atoms with Crippen LogP contribution < -0.4 is 36.0 Å². The molecule has 3 saturated heterocycles. The molecular weight excluding hydrogens is 1440 g/mol. The van der Waals surface area contributed by atoms with Crippen LogP contribution in [0.15, 0.2) is 146 Å². The van der Waals surface area contributed by atoms with Gasteiger partial charge in [0.05, 0.1) is 35.3 Å². The number of anilines is 7. The molecule has 0 bridgehead atoms. The maximum absolute atomic E-state index is 6.07. The molecule has 0 spiro atoms. The highest BCUT2D eigenvalue weighted by atomic mass is 35.5. The molecule has 0 atom stereocenters. The summed E-state index contributed by atoms with van der Waals surface area (Å²) < 4.78 is 5.42. The summed E-state index contributed by atoms with van der Waals surface area (Å²) in [4.78, 5) is 61.4. The summed E-state index contributed by atoms with van der Waals surface area (Å²) in [7, 11) is 0. The van der Waals surface area contributed by atoms with Crippen LogP contribution in [0.2, 0.25) is 25.2 Å². The lowest BCUT2D eigenvalue weighted by Crippen LogP contribution is -2.37. The molecule has 0 aliphatic carbocycles. The molecule has 15 rings (SSSR count). The van der Waals surface area contributed by atoms with Crippen LogP contribution in [0.3, 0.4) is 0 Å². The Bertz CT molecular complexity index is 4530. The number of benzene rings is 4. The summed E-state index contributed by atoms with van der Waals surface area (Å²) in [6.45, 7) is 19.0. The van der Waals surface area contributed by atoms with Crippen molar-refractivity contribution < 1.29 is 4.74 Å². The normalized spacial score (nSPS) is 13.7. The van der Waals surface area contributed by atoms with Crippen LogP contribution in [0.4, 0.5) is 40.5 Å². The SMILES string of the molecule is Cc1cc(CCCNc2ccnc3cc(Cl)ccc23)nc(N2CCCCC2)n1.Cc1cc(CCCNc2ccnc3cc(Cl)ccc23)nc(N2CCOCC2)n1.Cc1cc(Cl)nc(CCCNc2ccnc3cc(Cl)ccc23)n1.Cc1cc(N2CCCCC2)nc(CCCNc2ccnc3cc(Cl)ccc23)n1. The minimum atomic E-state index is 0.498. The first kappa shape index (κ1) is 77.5. The van der Waals surface area contributed by atoms with E-state index in [1.165, 1.54) is 38.5 Å². The van der Waals surface area contributed by atoms with Gasteiger partial charge in [-0.05, 0) is 220 Å². The number of piperidine rings is 2. The molecule has 3 aliphatic heterocycles. The number of morpholine rings is 1. The van der Waals surface area contributed by atoms with Gasteiger partial charge < -0.3 is 40.7 Å². The minimum Gasteiger partial charge on any atom is -0.384 e. The van der Waals surface area contributed by atoms with E-state index in [0.29, 0.717) is 25.2 Å². The van der Waals surface area contributed by atoms with Crippen molar-refractivity contribution in [2.75, 3.05) is 115 Å². The van der Waals surface area contributed by atoms with Crippen molar-refractivity contribution in [1.29, 1.82) is 0 Å². The lowest BCUT2D eigenvalue weighted by Gasteiger charge is -2.28. The first-order valence-electron chi connectivity index (χ1n) is 37.2. The van der Waals surface area contributed by atoms with Crippen molar-refractivity contribution in [3.8, 4) is 0 Å². The second kappa shape index (κ2) is 39.1. The van der Waals surface area contributed by atoms with Gasteiger partial charge in [0, 0.05) is 208 Å². The molecule has 0 unspecified atom stereocenters. The number of hydrogen-bond acceptors (Lipinski definition) is 20. The fourth-order valence-electron chi connectivity index (χ4n) is 13.4. The van der Waals surface area contributed by atoms with Crippen LogP contribution in [0, 0.1) is 27.7 Å². The first-order chi connectivity index (χ1) is 52.2. The lowest BCUT2D eigenvalue weighted by molar-refractivity contribution is 0.122. The quantitative estimate of drug-likeness (QED) is 0.0345. The van der Waals surface area contributed by atoms with Crippen molar-refractivity contribution in [2.45, 2.75) is 118 Å². The fraction of sp³-hybridized carbons (Fsp3) is 0.366. The van der Waals surface area contributed by atoms with Crippen LogP contribution in [0.5, 0.6) is 0 Å². The Morgan fingerprint density at radius 2 is 0.682 bits per heavy atom. The van der Waals surface area contributed by atoms with Gasteiger partial charge in [-0.2, -0.15) is 0 Å². The lowest BCUT2D eigenvalue weighted by atomic mass is 10.1. The standard InChI is InChI=1S/2C22H26ClN5.C21H24ClN5O.C17H16Cl2N4/c1-16-14-22(28-12-3-2-4-13-28)27-21(26-16)6-5-10-24-19-9-11-25-20-15-17(23)7-8-18(19)20;1-16-14-18(27-22(26-16)28-12-3-2-4-13-28)6-5-10-24-20-9-11-25-21-15-17(23)7-8-19(20)21;1-15-13-17(26-21(25-15)27-9-11-28-12-10-27)3-2-7-23-19-6-8-24-20-14-16(22)4-5-18(19)20;1-11-9-16(19)23-17(22-11)3-2-7-20-14-6-8-21-15-10-12(18)4-5-13(14)15/h2*7-9,11,14-15H,2-6,10,12-13H2,1H3,(H,24,25);4-6,8,13-14H,2-3,7,9-12H2,1H3,(H,23,24);4-6,8-10H,2-3,7H2,1H3,(H,20,21). The summed E-state index contributed by atoms with van der Waals surface area (Å²) in [6, 6.07) is 39.2. The summed E-state index contributed by atoms with van der Waals surface area (Å²) >= 11 is 30.2. The summed E-state index contributed by atoms with van der Waals surface area (Å²) in [5.74, 6) is 4.53. The van der Waals surface area contributed by atoms with E-state index in [1.807, 2.05) is 129 Å². The highest BCUT2D eigenvalue weighted by Gasteiger charge is 2.19.